The smallest absolute Gasteiger partial charge is 0.135 e. The summed E-state index contributed by atoms with van der Waals surface area (Å²) in [4.78, 5) is 4.26. The molecule has 228 valence electrons. The Hall–Kier alpha value is -6.65. The van der Waals surface area contributed by atoms with Crippen LogP contribution in [0.5, 0.6) is 11.5 Å². The Bertz CT molecular complexity index is 2950. The third kappa shape index (κ3) is 3.71. The van der Waals surface area contributed by atoms with E-state index in [0.717, 1.165) is 33.8 Å². The van der Waals surface area contributed by atoms with E-state index in [4.69, 9.17) is 4.74 Å². The number of para-hydroxylation sites is 3. The molecule has 0 N–H and O–H groups in total. The van der Waals surface area contributed by atoms with Gasteiger partial charge in [0.05, 0.1) is 22.1 Å². The Morgan fingerprint density at radius 2 is 1.02 bits per heavy atom. The number of ether oxygens (including phenoxy) is 1. The highest BCUT2D eigenvalue weighted by Crippen LogP contribution is 2.50. The summed E-state index contributed by atoms with van der Waals surface area (Å²) in [6.07, 6.45) is 3.71. The SMILES string of the molecule is c1ccc(-n2c3ccc(-c4ccc5c(c4)c4ccccc4n5-c4ccncc4)cc3c3c4cccc5c4c(cc32)-c2ccccc2O5)cc1. The van der Waals surface area contributed by atoms with Gasteiger partial charge in [-0.1, -0.05) is 78.9 Å². The first-order valence-electron chi connectivity index (χ1n) is 16.6. The molecule has 1 aliphatic heterocycles. The second-order valence-corrected chi connectivity index (χ2v) is 12.8. The summed E-state index contributed by atoms with van der Waals surface area (Å²) in [5.74, 6) is 1.80. The van der Waals surface area contributed by atoms with Gasteiger partial charge in [-0.05, 0) is 94.9 Å². The van der Waals surface area contributed by atoms with E-state index in [0.29, 0.717) is 0 Å². The van der Waals surface area contributed by atoms with Crippen LogP contribution in [0, 0.1) is 0 Å². The summed E-state index contributed by atoms with van der Waals surface area (Å²) in [5, 5.41) is 7.29. The van der Waals surface area contributed by atoms with Gasteiger partial charge < -0.3 is 13.9 Å². The van der Waals surface area contributed by atoms with E-state index in [9.17, 15) is 0 Å². The molecule has 7 aromatic carbocycles. The van der Waals surface area contributed by atoms with Crippen LogP contribution in [0.2, 0.25) is 0 Å². The van der Waals surface area contributed by atoms with E-state index in [1.165, 1.54) is 65.7 Å². The minimum atomic E-state index is 0.896. The van der Waals surface area contributed by atoms with Gasteiger partial charge in [0.15, 0.2) is 0 Å². The van der Waals surface area contributed by atoms with Gasteiger partial charge in [-0.2, -0.15) is 0 Å². The number of rotatable bonds is 3. The van der Waals surface area contributed by atoms with Gasteiger partial charge in [0.25, 0.3) is 0 Å². The zero-order valence-electron chi connectivity index (χ0n) is 26.3. The number of hydrogen-bond acceptors (Lipinski definition) is 2. The van der Waals surface area contributed by atoms with Gasteiger partial charge >= 0.3 is 0 Å². The molecule has 0 radical (unpaired) electrons. The molecule has 4 heteroatoms. The van der Waals surface area contributed by atoms with Gasteiger partial charge in [0.2, 0.25) is 0 Å². The van der Waals surface area contributed by atoms with Crippen molar-refractivity contribution in [2.45, 2.75) is 0 Å². The molecule has 10 aromatic rings. The quantitative estimate of drug-likeness (QED) is 0.196. The van der Waals surface area contributed by atoms with E-state index in [2.05, 4.69) is 160 Å². The Kier molecular flexibility index (Phi) is 5.35. The molecule has 0 saturated heterocycles. The van der Waals surface area contributed by atoms with Gasteiger partial charge in [-0.15, -0.1) is 0 Å². The minimum Gasteiger partial charge on any atom is -0.456 e. The molecular weight excluding hydrogens is 599 g/mol. The number of aromatic nitrogens is 3. The number of pyridine rings is 1. The van der Waals surface area contributed by atoms with Gasteiger partial charge in [0.1, 0.15) is 11.5 Å². The lowest BCUT2D eigenvalue weighted by Gasteiger charge is -2.22. The molecule has 0 atom stereocenters. The topological polar surface area (TPSA) is 32.0 Å². The summed E-state index contributed by atoms with van der Waals surface area (Å²) in [7, 11) is 0. The molecular formula is C45H27N3O. The molecule has 1 aliphatic rings. The third-order valence-electron chi connectivity index (χ3n) is 10.2. The molecule has 0 bridgehead atoms. The van der Waals surface area contributed by atoms with Crippen LogP contribution in [0.15, 0.2) is 164 Å². The van der Waals surface area contributed by atoms with Crippen LogP contribution in [0.3, 0.4) is 0 Å². The largest absolute Gasteiger partial charge is 0.456 e. The molecule has 0 amide bonds. The first kappa shape index (κ1) is 26.4. The van der Waals surface area contributed by atoms with Crippen molar-refractivity contribution >= 4 is 54.4 Å². The van der Waals surface area contributed by atoms with E-state index in [-0.39, 0.29) is 0 Å². The van der Waals surface area contributed by atoms with Crippen LogP contribution >= 0.6 is 0 Å². The summed E-state index contributed by atoms with van der Waals surface area (Å²) in [5.41, 5.74) is 11.7. The first-order valence-corrected chi connectivity index (χ1v) is 16.6. The van der Waals surface area contributed by atoms with Crippen LogP contribution in [-0.2, 0) is 0 Å². The highest BCUT2D eigenvalue weighted by molar-refractivity contribution is 6.26. The van der Waals surface area contributed by atoms with Crippen molar-refractivity contribution in [3.63, 3.8) is 0 Å². The number of fused-ring (bicyclic) bond motifs is 9. The van der Waals surface area contributed by atoms with E-state index < -0.39 is 0 Å². The van der Waals surface area contributed by atoms with Crippen molar-refractivity contribution in [3.8, 4) is 45.1 Å². The fourth-order valence-electron chi connectivity index (χ4n) is 8.11. The van der Waals surface area contributed by atoms with Crippen LogP contribution in [0.4, 0.5) is 0 Å². The van der Waals surface area contributed by atoms with E-state index >= 15 is 0 Å². The van der Waals surface area contributed by atoms with Gasteiger partial charge in [-0.25, -0.2) is 0 Å². The van der Waals surface area contributed by atoms with Crippen molar-refractivity contribution in [1.82, 2.24) is 14.1 Å². The monoisotopic (exact) mass is 625 g/mol. The predicted octanol–water partition coefficient (Wildman–Crippen LogP) is 11.9. The van der Waals surface area contributed by atoms with Crippen LogP contribution in [0.25, 0.3) is 88.0 Å². The fraction of sp³-hybridized carbons (Fsp3) is 0. The summed E-state index contributed by atoms with van der Waals surface area (Å²) in [6, 6.07) is 54.5. The molecule has 0 saturated carbocycles. The lowest BCUT2D eigenvalue weighted by atomic mass is 9.91. The number of nitrogens with zero attached hydrogens (tertiary/aromatic N) is 3. The lowest BCUT2D eigenvalue weighted by molar-refractivity contribution is 0.487. The predicted molar refractivity (Wildman–Crippen MR) is 201 cm³/mol. The van der Waals surface area contributed by atoms with E-state index in [1.54, 1.807) is 0 Å². The normalized spacial score (nSPS) is 12.2. The van der Waals surface area contributed by atoms with E-state index in [1.807, 2.05) is 18.5 Å². The fourth-order valence-corrected chi connectivity index (χ4v) is 8.11. The van der Waals surface area contributed by atoms with Gasteiger partial charge in [0, 0.05) is 56.3 Å². The lowest BCUT2D eigenvalue weighted by Crippen LogP contribution is -1.98. The summed E-state index contributed by atoms with van der Waals surface area (Å²) >= 11 is 0. The van der Waals surface area contributed by atoms with Crippen molar-refractivity contribution in [1.29, 1.82) is 0 Å². The number of hydrogen-bond donors (Lipinski definition) is 0. The zero-order chi connectivity index (χ0) is 32.1. The van der Waals surface area contributed by atoms with Crippen molar-refractivity contribution in [2.75, 3.05) is 0 Å². The average molecular weight is 626 g/mol. The van der Waals surface area contributed by atoms with Crippen molar-refractivity contribution in [3.05, 3.63) is 164 Å². The third-order valence-corrected chi connectivity index (χ3v) is 10.2. The molecule has 11 rings (SSSR count). The Morgan fingerprint density at radius 3 is 1.88 bits per heavy atom. The van der Waals surface area contributed by atoms with Crippen molar-refractivity contribution in [2.24, 2.45) is 0 Å². The molecule has 4 heterocycles. The maximum atomic E-state index is 6.49. The molecule has 49 heavy (non-hydrogen) atoms. The maximum absolute atomic E-state index is 6.49. The van der Waals surface area contributed by atoms with Crippen LogP contribution < -0.4 is 4.74 Å². The Morgan fingerprint density at radius 1 is 0.388 bits per heavy atom. The Balaban J connectivity index is 1.21. The maximum Gasteiger partial charge on any atom is 0.135 e. The van der Waals surface area contributed by atoms with Crippen LogP contribution in [-0.4, -0.2) is 14.1 Å². The van der Waals surface area contributed by atoms with Crippen molar-refractivity contribution < 1.29 is 4.74 Å². The van der Waals surface area contributed by atoms with Crippen LogP contribution in [0.1, 0.15) is 0 Å². The zero-order valence-corrected chi connectivity index (χ0v) is 26.3. The average Bonchev–Trinajstić information content (AvgIpc) is 3.68. The molecule has 0 fully saturated rings. The molecule has 3 aromatic heterocycles. The first-order chi connectivity index (χ1) is 24.3. The highest BCUT2D eigenvalue weighted by atomic mass is 16.5. The minimum absolute atomic E-state index is 0.896. The number of benzene rings is 7. The second kappa shape index (κ2) is 9.93. The van der Waals surface area contributed by atoms with Gasteiger partial charge in [-0.3, -0.25) is 4.98 Å². The summed E-state index contributed by atoms with van der Waals surface area (Å²) in [6.45, 7) is 0. The second-order valence-electron chi connectivity index (χ2n) is 12.8. The Labute approximate surface area is 281 Å². The standard InChI is InChI=1S/C45H27N3O/c1-2-9-30(10-3-1)48-40-20-18-29(28-17-19-39-35(25-28)32-11-4-6-14-38(32)47(39)31-21-23-46-24-22-31)26-37(40)44-34-13-8-16-43-45(34)36(27-41(44)48)33-12-5-7-15-42(33)49-43/h1-27H. The molecule has 0 unspecified atom stereocenters. The molecule has 0 spiro atoms. The highest BCUT2D eigenvalue weighted by Gasteiger charge is 2.25. The molecule has 4 nitrogen and oxygen atoms in total. The molecule has 0 aliphatic carbocycles. The summed E-state index contributed by atoms with van der Waals surface area (Å²) < 4.78 is 11.2.